The maximum Gasteiger partial charge on any atom is 0.306 e. The van der Waals surface area contributed by atoms with Crippen LogP contribution in [0.25, 0.3) is 0 Å². The molecule has 6 heteroatoms. The Kier molecular flexibility index (Phi) is 4.83. The van der Waals surface area contributed by atoms with Gasteiger partial charge >= 0.3 is 5.97 Å². The van der Waals surface area contributed by atoms with Crippen LogP contribution in [0.4, 0.5) is 0 Å². The lowest BCUT2D eigenvalue weighted by Gasteiger charge is -2.31. The van der Waals surface area contributed by atoms with Crippen LogP contribution in [0, 0.1) is 11.8 Å². The fourth-order valence-electron chi connectivity index (χ4n) is 3.50. The fraction of sp³-hybridized carbons (Fsp3) is 0.500. The molecule has 1 aromatic rings. The molecule has 0 spiro atoms. The van der Waals surface area contributed by atoms with E-state index in [4.69, 9.17) is 5.11 Å². The summed E-state index contributed by atoms with van der Waals surface area (Å²) in [6, 6.07) is 9.75. The molecule has 1 aromatic carbocycles. The molecule has 6 nitrogen and oxygen atoms in total. The molecule has 0 saturated carbocycles. The summed E-state index contributed by atoms with van der Waals surface area (Å²) in [5.74, 6) is -1.44. The number of carboxylic acid groups (broad SMARTS) is 1. The van der Waals surface area contributed by atoms with Crippen LogP contribution < -0.4 is 0 Å². The third-order valence-electron chi connectivity index (χ3n) is 4.94. The monoisotopic (exact) mass is 330 g/mol. The normalized spacial score (nSPS) is 22.0. The Balaban J connectivity index is 1.55. The second kappa shape index (κ2) is 7.03. The van der Waals surface area contributed by atoms with Crippen molar-refractivity contribution in [3.05, 3.63) is 35.9 Å². The van der Waals surface area contributed by atoms with Gasteiger partial charge in [0, 0.05) is 32.6 Å². The Morgan fingerprint density at radius 2 is 1.75 bits per heavy atom. The number of hydrogen-bond acceptors (Lipinski definition) is 3. The third kappa shape index (κ3) is 3.58. The predicted octanol–water partition coefficient (Wildman–Crippen LogP) is 1.36. The maximum atomic E-state index is 12.6. The molecule has 2 aliphatic heterocycles. The molecule has 0 radical (unpaired) electrons. The van der Waals surface area contributed by atoms with Crippen LogP contribution in [-0.4, -0.2) is 52.3 Å². The lowest BCUT2D eigenvalue weighted by molar-refractivity contribution is -0.146. The zero-order valence-electron chi connectivity index (χ0n) is 13.6. The summed E-state index contributed by atoms with van der Waals surface area (Å²) in [4.78, 5) is 39.3. The van der Waals surface area contributed by atoms with Crippen molar-refractivity contribution in [1.82, 2.24) is 9.80 Å². The number of carbonyl (C=O) groups is 3. The standard InChI is InChI=1S/C18H22N2O4/c21-16-10-15(12-20(16)11-13-4-2-1-3-5-13)17(22)19-8-6-14(7-9-19)18(23)24/h1-5,14-15H,6-12H2,(H,23,24)/t15-/m0/s1. The van der Waals surface area contributed by atoms with Crippen LogP contribution in [-0.2, 0) is 20.9 Å². The van der Waals surface area contributed by atoms with E-state index in [1.54, 1.807) is 9.80 Å². The highest BCUT2D eigenvalue weighted by Gasteiger charge is 2.37. The molecule has 1 N–H and O–H groups in total. The Labute approximate surface area is 141 Å². The molecule has 0 aromatic heterocycles. The van der Waals surface area contributed by atoms with Crippen molar-refractivity contribution in [2.24, 2.45) is 11.8 Å². The van der Waals surface area contributed by atoms with Gasteiger partial charge in [0.25, 0.3) is 0 Å². The fourth-order valence-corrected chi connectivity index (χ4v) is 3.50. The van der Waals surface area contributed by atoms with Crippen molar-refractivity contribution in [2.45, 2.75) is 25.8 Å². The molecule has 1 atom stereocenters. The van der Waals surface area contributed by atoms with Gasteiger partial charge in [0.05, 0.1) is 11.8 Å². The third-order valence-corrected chi connectivity index (χ3v) is 4.94. The molecular formula is C18H22N2O4. The van der Waals surface area contributed by atoms with E-state index < -0.39 is 5.97 Å². The van der Waals surface area contributed by atoms with E-state index in [1.165, 1.54) is 0 Å². The Bertz CT molecular complexity index is 623. The summed E-state index contributed by atoms with van der Waals surface area (Å²) in [6.07, 6.45) is 1.25. The van der Waals surface area contributed by atoms with E-state index in [0.717, 1.165) is 5.56 Å². The smallest absolute Gasteiger partial charge is 0.306 e. The number of likely N-dealkylation sites (tertiary alicyclic amines) is 2. The molecule has 2 saturated heterocycles. The number of rotatable bonds is 4. The van der Waals surface area contributed by atoms with Gasteiger partial charge in [0.15, 0.2) is 0 Å². The Morgan fingerprint density at radius 3 is 2.38 bits per heavy atom. The Hall–Kier alpha value is -2.37. The summed E-state index contributed by atoms with van der Waals surface area (Å²) in [6.45, 7) is 1.92. The minimum Gasteiger partial charge on any atom is -0.481 e. The van der Waals surface area contributed by atoms with Crippen LogP contribution in [0.5, 0.6) is 0 Å². The van der Waals surface area contributed by atoms with Gasteiger partial charge < -0.3 is 14.9 Å². The van der Waals surface area contributed by atoms with Crippen molar-refractivity contribution < 1.29 is 19.5 Å². The number of aliphatic carboxylic acids is 1. The highest BCUT2D eigenvalue weighted by atomic mass is 16.4. The van der Waals surface area contributed by atoms with Gasteiger partial charge in [-0.05, 0) is 18.4 Å². The summed E-state index contributed by atoms with van der Waals surface area (Å²) in [5.41, 5.74) is 1.06. The van der Waals surface area contributed by atoms with Gasteiger partial charge in [0.1, 0.15) is 0 Å². The molecule has 0 aliphatic carbocycles. The summed E-state index contributed by atoms with van der Waals surface area (Å²) < 4.78 is 0. The zero-order valence-corrected chi connectivity index (χ0v) is 13.6. The molecular weight excluding hydrogens is 308 g/mol. The van der Waals surface area contributed by atoms with Crippen LogP contribution in [0.3, 0.4) is 0 Å². The minimum atomic E-state index is -0.785. The number of carboxylic acids is 1. The topological polar surface area (TPSA) is 77.9 Å². The number of piperidine rings is 1. The first-order valence-electron chi connectivity index (χ1n) is 8.38. The first kappa shape index (κ1) is 16.5. The number of nitrogens with zero attached hydrogens (tertiary/aromatic N) is 2. The average Bonchev–Trinajstić information content (AvgIpc) is 2.96. The van der Waals surface area contributed by atoms with E-state index in [2.05, 4.69) is 0 Å². The summed E-state index contributed by atoms with van der Waals surface area (Å²) >= 11 is 0. The minimum absolute atomic E-state index is 0.0113. The van der Waals surface area contributed by atoms with Crippen molar-refractivity contribution in [3.63, 3.8) is 0 Å². The van der Waals surface area contributed by atoms with E-state index in [1.807, 2.05) is 30.3 Å². The van der Waals surface area contributed by atoms with Crippen molar-refractivity contribution in [1.29, 1.82) is 0 Å². The largest absolute Gasteiger partial charge is 0.481 e. The lowest BCUT2D eigenvalue weighted by atomic mass is 9.95. The molecule has 2 aliphatic rings. The first-order chi connectivity index (χ1) is 11.5. The Morgan fingerprint density at radius 1 is 1.08 bits per heavy atom. The van der Waals surface area contributed by atoms with Gasteiger partial charge in [-0.2, -0.15) is 0 Å². The number of carbonyl (C=O) groups excluding carboxylic acids is 2. The van der Waals surface area contributed by atoms with Crippen LogP contribution in [0.2, 0.25) is 0 Å². The maximum absolute atomic E-state index is 12.6. The molecule has 3 rings (SSSR count). The van der Waals surface area contributed by atoms with E-state index in [0.29, 0.717) is 39.0 Å². The molecule has 24 heavy (non-hydrogen) atoms. The highest BCUT2D eigenvalue weighted by Crippen LogP contribution is 2.25. The van der Waals surface area contributed by atoms with E-state index >= 15 is 0 Å². The molecule has 2 amide bonds. The lowest BCUT2D eigenvalue weighted by Crippen LogP contribution is -2.43. The van der Waals surface area contributed by atoms with Crippen molar-refractivity contribution in [3.8, 4) is 0 Å². The molecule has 2 heterocycles. The summed E-state index contributed by atoms with van der Waals surface area (Å²) in [5, 5.41) is 9.03. The molecule has 0 unspecified atom stereocenters. The summed E-state index contributed by atoms with van der Waals surface area (Å²) in [7, 11) is 0. The van der Waals surface area contributed by atoms with Crippen molar-refractivity contribution in [2.75, 3.05) is 19.6 Å². The van der Waals surface area contributed by atoms with Crippen LogP contribution >= 0.6 is 0 Å². The molecule has 2 fully saturated rings. The van der Waals surface area contributed by atoms with Gasteiger partial charge in [-0.1, -0.05) is 30.3 Å². The van der Waals surface area contributed by atoms with Gasteiger partial charge in [-0.25, -0.2) is 0 Å². The van der Waals surface area contributed by atoms with Crippen LogP contribution in [0.15, 0.2) is 30.3 Å². The second-order valence-electron chi connectivity index (χ2n) is 6.60. The second-order valence-corrected chi connectivity index (χ2v) is 6.60. The number of amides is 2. The average molecular weight is 330 g/mol. The first-order valence-corrected chi connectivity index (χ1v) is 8.38. The molecule has 128 valence electrons. The number of benzene rings is 1. The van der Waals surface area contributed by atoms with Crippen molar-refractivity contribution >= 4 is 17.8 Å². The van der Waals surface area contributed by atoms with E-state index in [-0.39, 0.29) is 30.1 Å². The van der Waals surface area contributed by atoms with Crippen LogP contribution in [0.1, 0.15) is 24.8 Å². The zero-order chi connectivity index (χ0) is 17.1. The van der Waals surface area contributed by atoms with Gasteiger partial charge in [-0.15, -0.1) is 0 Å². The van der Waals surface area contributed by atoms with Gasteiger partial charge in [0.2, 0.25) is 11.8 Å². The predicted molar refractivity (Wildman–Crippen MR) is 86.9 cm³/mol. The van der Waals surface area contributed by atoms with E-state index in [9.17, 15) is 14.4 Å². The molecule has 0 bridgehead atoms. The van der Waals surface area contributed by atoms with Gasteiger partial charge in [-0.3, -0.25) is 14.4 Å². The SMILES string of the molecule is O=C(O)C1CCN(C(=O)[C@H]2CC(=O)N(Cc3ccccc3)C2)CC1. The number of hydrogen-bond donors (Lipinski definition) is 1. The highest BCUT2D eigenvalue weighted by molar-refractivity contribution is 5.89. The quantitative estimate of drug-likeness (QED) is 0.904.